The number of hydrogen-bond donors (Lipinski definition) is 1. The van der Waals surface area contributed by atoms with Crippen LogP contribution in [0.25, 0.3) is 0 Å². The van der Waals surface area contributed by atoms with Gasteiger partial charge in [0.15, 0.2) is 0 Å². The molecule has 2 unspecified atom stereocenters. The van der Waals surface area contributed by atoms with Crippen molar-refractivity contribution < 1.29 is 14.6 Å². The van der Waals surface area contributed by atoms with E-state index in [1.165, 1.54) is 0 Å². The van der Waals surface area contributed by atoms with Crippen molar-refractivity contribution in [1.29, 1.82) is 0 Å². The lowest BCUT2D eigenvalue weighted by Crippen LogP contribution is -2.24. The summed E-state index contributed by atoms with van der Waals surface area (Å²) in [6.45, 7) is 4.09. The van der Waals surface area contributed by atoms with Gasteiger partial charge in [0.2, 0.25) is 0 Å². The predicted octanol–water partition coefficient (Wildman–Crippen LogP) is 1.27. The highest BCUT2D eigenvalue weighted by Gasteiger charge is 2.26. The van der Waals surface area contributed by atoms with Gasteiger partial charge in [-0.2, -0.15) is 0 Å². The Morgan fingerprint density at radius 3 is 2.92 bits per heavy atom. The summed E-state index contributed by atoms with van der Waals surface area (Å²) >= 11 is 0. The van der Waals surface area contributed by atoms with E-state index in [9.17, 15) is 9.90 Å². The van der Waals surface area contributed by atoms with Gasteiger partial charge in [0.05, 0.1) is 18.6 Å². The number of rotatable bonds is 2. The maximum atomic E-state index is 11.4. The van der Waals surface area contributed by atoms with Crippen molar-refractivity contribution >= 4 is 5.97 Å². The van der Waals surface area contributed by atoms with Gasteiger partial charge in [0.25, 0.3) is 0 Å². The quantitative estimate of drug-likeness (QED) is 0.519. The average Bonchev–Trinajstić information content (AvgIpc) is 2.04. The van der Waals surface area contributed by atoms with Crippen LogP contribution >= 0.6 is 0 Å². The molecule has 1 aliphatic carbocycles. The van der Waals surface area contributed by atoms with Crippen molar-refractivity contribution in [3.63, 3.8) is 0 Å². The zero-order valence-corrected chi connectivity index (χ0v) is 8.12. The van der Waals surface area contributed by atoms with Crippen LogP contribution in [-0.2, 0) is 9.53 Å². The Labute approximate surface area is 78.4 Å². The minimum absolute atomic E-state index is 0.136. The fourth-order valence-corrected chi connectivity index (χ4v) is 1.61. The lowest BCUT2D eigenvalue weighted by Gasteiger charge is -2.22. The van der Waals surface area contributed by atoms with E-state index in [1.54, 1.807) is 13.0 Å². The van der Waals surface area contributed by atoms with Crippen LogP contribution in [0.2, 0.25) is 0 Å². The summed E-state index contributed by atoms with van der Waals surface area (Å²) in [7, 11) is 0. The van der Waals surface area contributed by atoms with Crippen molar-refractivity contribution in [3.8, 4) is 0 Å². The monoisotopic (exact) mass is 184 g/mol. The Bertz CT molecular complexity index is 220. The van der Waals surface area contributed by atoms with E-state index in [2.05, 4.69) is 0 Å². The lowest BCUT2D eigenvalue weighted by atomic mass is 9.87. The van der Waals surface area contributed by atoms with Gasteiger partial charge in [-0.1, -0.05) is 11.6 Å². The van der Waals surface area contributed by atoms with Crippen LogP contribution in [0.5, 0.6) is 0 Å². The smallest absolute Gasteiger partial charge is 0.313 e. The molecule has 1 rings (SSSR count). The second-order valence-electron chi connectivity index (χ2n) is 3.36. The largest absolute Gasteiger partial charge is 0.466 e. The summed E-state index contributed by atoms with van der Waals surface area (Å²) in [5, 5.41) is 9.28. The summed E-state index contributed by atoms with van der Waals surface area (Å²) in [4.78, 5) is 11.4. The minimum Gasteiger partial charge on any atom is -0.466 e. The third-order valence-corrected chi connectivity index (χ3v) is 2.33. The molecule has 0 bridgehead atoms. The molecule has 2 atom stereocenters. The van der Waals surface area contributed by atoms with Crippen LogP contribution in [0, 0.1) is 5.92 Å². The normalized spacial score (nSPS) is 28.1. The molecule has 0 heterocycles. The van der Waals surface area contributed by atoms with Crippen LogP contribution in [0.15, 0.2) is 11.6 Å². The average molecular weight is 184 g/mol. The van der Waals surface area contributed by atoms with Gasteiger partial charge >= 0.3 is 5.97 Å². The van der Waals surface area contributed by atoms with E-state index in [0.717, 1.165) is 5.57 Å². The van der Waals surface area contributed by atoms with Crippen molar-refractivity contribution in [1.82, 2.24) is 0 Å². The first-order valence-corrected chi connectivity index (χ1v) is 4.68. The molecule has 1 aliphatic rings. The molecule has 74 valence electrons. The van der Waals surface area contributed by atoms with Crippen LogP contribution in [0.3, 0.4) is 0 Å². The third-order valence-electron chi connectivity index (χ3n) is 2.33. The Morgan fingerprint density at radius 2 is 2.38 bits per heavy atom. The lowest BCUT2D eigenvalue weighted by molar-refractivity contribution is -0.147. The van der Waals surface area contributed by atoms with Gasteiger partial charge in [-0.05, 0) is 26.7 Å². The van der Waals surface area contributed by atoms with Gasteiger partial charge in [-0.15, -0.1) is 0 Å². The van der Waals surface area contributed by atoms with E-state index in [4.69, 9.17) is 4.74 Å². The van der Waals surface area contributed by atoms with E-state index in [-0.39, 0.29) is 18.0 Å². The number of esters is 1. The standard InChI is InChI=1S/C10H16O3/c1-3-13-10(12)9-5-4-8(11)6-7(9)2/h6,8-9,11H,3-5H2,1-2H3. The summed E-state index contributed by atoms with van der Waals surface area (Å²) in [5.41, 5.74) is 0.928. The number of aliphatic hydroxyl groups excluding tert-OH is 1. The molecule has 13 heavy (non-hydrogen) atoms. The summed E-state index contributed by atoms with van der Waals surface area (Å²) in [6, 6.07) is 0. The SMILES string of the molecule is CCOC(=O)C1CCC(O)C=C1C. The predicted molar refractivity (Wildman–Crippen MR) is 49.1 cm³/mol. The van der Waals surface area contributed by atoms with E-state index in [1.807, 2.05) is 6.92 Å². The Morgan fingerprint density at radius 1 is 1.69 bits per heavy atom. The fourth-order valence-electron chi connectivity index (χ4n) is 1.61. The van der Waals surface area contributed by atoms with E-state index < -0.39 is 0 Å². The molecule has 1 N–H and O–H groups in total. The highest BCUT2D eigenvalue weighted by molar-refractivity contribution is 5.75. The number of hydrogen-bond acceptors (Lipinski definition) is 3. The number of carbonyl (C=O) groups is 1. The molecule has 3 heteroatoms. The second kappa shape index (κ2) is 4.42. The number of ether oxygens (including phenoxy) is 1. The Kier molecular flexibility index (Phi) is 3.48. The van der Waals surface area contributed by atoms with Gasteiger partial charge in [0, 0.05) is 0 Å². The maximum Gasteiger partial charge on any atom is 0.313 e. The van der Waals surface area contributed by atoms with Gasteiger partial charge in [-0.25, -0.2) is 0 Å². The highest BCUT2D eigenvalue weighted by Crippen LogP contribution is 2.25. The van der Waals surface area contributed by atoms with Gasteiger partial charge in [-0.3, -0.25) is 4.79 Å². The van der Waals surface area contributed by atoms with Crippen LogP contribution in [0.4, 0.5) is 0 Å². The highest BCUT2D eigenvalue weighted by atomic mass is 16.5. The molecule has 0 aliphatic heterocycles. The molecule has 0 aromatic heterocycles. The summed E-state index contributed by atoms with van der Waals surface area (Å²) in [5.74, 6) is -0.300. The van der Waals surface area contributed by atoms with E-state index in [0.29, 0.717) is 19.4 Å². The Balaban J connectivity index is 2.61. The van der Waals surface area contributed by atoms with Crippen LogP contribution in [-0.4, -0.2) is 23.8 Å². The first kappa shape index (κ1) is 10.3. The van der Waals surface area contributed by atoms with Crippen molar-refractivity contribution in [2.45, 2.75) is 32.8 Å². The minimum atomic E-state index is -0.384. The van der Waals surface area contributed by atoms with Crippen LogP contribution < -0.4 is 0 Å². The molecule has 0 amide bonds. The number of aliphatic hydroxyl groups is 1. The van der Waals surface area contributed by atoms with Crippen molar-refractivity contribution in [2.75, 3.05) is 6.61 Å². The molecule has 0 radical (unpaired) electrons. The molecule has 0 saturated heterocycles. The fraction of sp³-hybridized carbons (Fsp3) is 0.700. The zero-order valence-electron chi connectivity index (χ0n) is 8.12. The Hall–Kier alpha value is -0.830. The first-order chi connectivity index (χ1) is 6.15. The molecular formula is C10H16O3. The van der Waals surface area contributed by atoms with Gasteiger partial charge < -0.3 is 9.84 Å². The molecule has 0 spiro atoms. The topological polar surface area (TPSA) is 46.5 Å². The van der Waals surface area contributed by atoms with Gasteiger partial charge in [0.1, 0.15) is 0 Å². The number of carbonyl (C=O) groups excluding carboxylic acids is 1. The second-order valence-corrected chi connectivity index (χ2v) is 3.36. The molecule has 0 fully saturated rings. The van der Waals surface area contributed by atoms with Crippen molar-refractivity contribution in [3.05, 3.63) is 11.6 Å². The van der Waals surface area contributed by atoms with Crippen LogP contribution in [0.1, 0.15) is 26.7 Å². The zero-order chi connectivity index (χ0) is 9.84. The molecule has 3 nitrogen and oxygen atoms in total. The summed E-state index contributed by atoms with van der Waals surface area (Å²) in [6.07, 6.45) is 2.71. The first-order valence-electron chi connectivity index (χ1n) is 4.68. The molecule has 0 saturated carbocycles. The van der Waals surface area contributed by atoms with E-state index >= 15 is 0 Å². The molecule has 0 aromatic carbocycles. The van der Waals surface area contributed by atoms with Crippen molar-refractivity contribution in [2.24, 2.45) is 5.92 Å². The molecule has 0 aromatic rings. The molecular weight excluding hydrogens is 168 g/mol. The summed E-state index contributed by atoms with van der Waals surface area (Å²) < 4.78 is 4.93. The third kappa shape index (κ3) is 2.56. The maximum absolute atomic E-state index is 11.4.